The summed E-state index contributed by atoms with van der Waals surface area (Å²) in [5.41, 5.74) is 1.72. The molecule has 0 unspecified atom stereocenters. The fraction of sp³-hybridized carbons (Fsp3) is 0.409. The highest BCUT2D eigenvalue weighted by Gasteiger charge is 2.13. The van der Waals surface area contributed by atoms with Crippen LogP contribution in [0.1, 0.15) is 40.2 Å². The smallest absolute Gasteiger partial charge is 0.216 e. The fourth-order valence-corrected chi connectivity index (χ4v) is 2.77. The Balaban J connectivity index is 0.00000106. The average molecular weight is 417 g/mol. The maximum atomic E-state index is 13.6. The third-order valence-corrected chi connectivity index (χ3v) is 4.25. The summed E-state index contributed by atoms with van der Waals surface area (Å²) >= 11 is 0. The summed E-state index contributed by atoms with van der Waals surface area (Å²) in [7, 11) is 0. The van der Waals surface area contributed by atoms with Crippen LogP contribution in [0.25, 0.3) is 11.1 Å². The molecule has 1 aromatic heterocycles. The lowest BCUT2D eigenvalue weighted by Crippen LogP contribution is -2.45. The second kappa shape index (κ2) is 13.3. The number of piperazine rings is 1. The molecule has 2 aromatic rings. The van der Waals surface area contributed by atoms with Crippen molar-refractivity contribution in [2.24, 2.45) is 10.2 Å². The first kappa shape index (κ1) is 25.0. The van der Waals surface area contributed by atoms with E-state index in [0.29, 0.717) is 16.8 Å². The first-order valence-electron chi connectivity index (χ1n) is 10.3. The highest BCUT2D eigenvalue weighted by molar-refractivity contribution is 6.10. The number of phenols is 1. The topological polar surface area (TPSA) is 88.9 Å². The second-order valence-corrected chi connectivity index (χ2v) is 5.90. The van der Waals surface area contributed by atoms with Crippen molar-refractivity contribution in [1.29, 1.82) is 0 Å². The average Bonchev–Trinajstić information content (AvgIpc) is 3.24. The Kier molecular flexibility index (Phi) is 11.1. The zero-order chi connectivity index (χ0) is 22.5. The van der Waals surface area contributed by atoms with Crippen molar-refractivity contribution >= 4 is 11.5 Å². The normalized spacial score (nSPS) is 14.3. The third-order valence-electron chi connectivity index (χ3n) is 4.25. The number of rotatable bonds is 4. The van der Waals surface area contributed by atoms with E-state index in [0.717, 1.165) is 32.0 Å². The quantitative estimate of drug-likeness (QED) is 0.396. The van der Waals surface area contributed by atoms with Crippen LogP contribution in [0.15, 0.2) is 47.3 Å². The van der Waals surface area contributed by atoms with E-state index < -0.39 is 5.95 Å². The monoisotopic (exact) mass is 416 g/mol. The molecule has 1 saturated heterocycles. The standard InChI is InChI=1S/C18H21FN6O.2C2H6/c1-3-16(23-22-12(2)25-8-6-20-7-9-25)14-5-4-13(10-17(14)26)15-11-21-24-18(15)19;2*1-2/h3-5,10-11,20,26H,1,6-9H2,2H3,(H,21,24);2*1-2H3/b22-12+,23-16+;;. The zero-order valence-electron chi connectivity index (χ0n) is 18.5. The van der Waals surface area contributed by atoms with Gasteiger partial charge in [-0.1, -0.05) is 40.3 Å². The van der Waals surface area contributed by atoms with Crippen LogP contribution in [-0.2, 0) is 0 Å². The van der Waals surface area contributed by atoms with Gasteiger partial charge < -0.3 is 15.3 Å². The van der Waals surface area contributed by atoms with Gasteiger partial charge in [-0.2, -0.15) is 9.49 Å². The second-order valence-electron chi connectivity index (χ2n) is 5.90. The molecule has 1 aliphatic heterocycles. The molecule has 164 valence electrons. The van der Waals surface area contributed by atoms with Gasteiger partial charge in [0, 0.05) is 31.7 Å². The molecular weight excluding hydrogens is 383 g/mol. The lowest BCUT2D eigenvalue weighted by molar-refractivity contribution is 0.355. The van der Waals surface area contributed by atoms with Gasteiger partial charge in [-0.3, -0.25) is 5.10 Å². The zero-order valence-corrected chi connectivity index (χ0v) is 18.5. The van der Waals surface area contributed by atoms with E-state index in [-0.39, 0.29) is 11.3 Å². The lowest BCUT2D eigenvalue weighted by atomic mass is 10.0. The Morgan fingerprint density at radius 1 is 1.20 bits per heavy atom. The molecule has 0 bridgehead atoms. The fourth-order valence-electron chi connectivity index (χ4n) is 2.77. The first-order valence-corrected chi connectivity index (χ1v) is 10.3. The minimum Gasteiger partial charge on any atom is -0.507 e. The Hall–Kier alpha value is -3.00. The van der Waals surface area contributed by atoms with Crippen LogP contribution in [0.4, 0.5) is 4.39 Å². The van der Waals surface area contributed by atoms with Gasteiger partial charge >= 0.3 is 0 Å². The summed E-state index contributed by atoms with van der Waals surface area (Å²) in [4.78, 5) is 2.14. The van der Waals surface area contributed by atoms with Crippen molar-refractivity contribution in [3.05, 3.63) is 48.6 Å². The van der Waals surface area contributed by atoms with E-state index in [4.69, 9.17) is 0 Å². The molecule has 1 fully saturated rings. The van der Waals surface area contributed by atoms with E-state index >= 15 is 0 Å². The molecular formula is C22H33FN6O. The highest BCUT2D eigenvalue weighted by atomic mass is 19.1. The third kappa shape index (κ3) is 6.52. The Bertz CT molecular complexity index is 853. The largest absolute Gasteiger partial charge is 0.507 e. The molecule has 7 nitrogen and oxygen atoms in total. The summed E-state index contributed by atoms with van der Waals surface area (Å²) in [6.07, 6.45) is 2.90. The molecule has 3 N–H and O–H groups in total. The van der Waals surface area contributed by atoms with E-state index in [9.17, 15) is 9.50 Å². The first-order chi connectivity index (χ1) is 14.6. The van der Waals surface area contributed by atoms with Gasteiger partial charge in [0.25, 0.3) is 0 Å². The number of nitrogens with zero attached hydrogens (tertiary/aromatic N) is 4. The molecule has 0 aliphatic carbocycles. The molecule has 0 amide bonds. The minimum atomic E-state index is -0.550. The number of allylic oxidation sites excluding steroid dienone is 1. The molecule has 30 heavy (non-hydrogen) atoms. The maximum Gasteiger partial charge on any atom is 0.216 e. The van der Waals surface area contributed by atoms with Gasteiger partial charge in [0.1, 0.15) is 11.6 Å². The molecule has 2 heterocycles. The van der Waals surface area contributed by atoms with Crippen molar-refractivity contribution in [2.75, 3.05) is 26.2 Å². The number of amidine groups is 1. The lowest BCUT2D eigenvalue weighted by Gasteiger charge is -2.28. The Morgan fingerprint density at radius 2 is 1.87 bits per heavy atom. The van der Waals surface area contributed by atoms with Crippen molar-refractivity contribution in [3.8, 4) is 16.9 Å². The summed E-state index contributed by atoms with van der Waals surface area (Å²) in [5.74, 6) is 0.227. The van der Waals surface area contributed by atoms with Crippen LogP contribution in [0.2, 0.25) is 0 Å². The van der Waals surface area contributed by atoms with Crippen molar-refractivity contribution in [1.82, 2.24) is 20.4 Å². The molecule has 1 aromatic carbocycles. The maximum absolute atomic E-state index is 13.6. The summed E-state index contributed by atoms with van der Waals surface area (Å²) < 4.78 is 13.6. The van der Waals surface area contributed by atoms with Crippen LogP contribution in [-0.4, -0.2) is 57.9 Å². The van der Waals surface area contributed by atoms with E-state index in [1.165, 1.54) is 18.3 Å². The summed E-state index contributed by atoms with van der Waals surface area (Å²) in [5, 5.41) is 28.0. The van der Waals surface area contributed by atoms with Gasteiger partial charge in [-0.05, 0) is 30.7 Å². The van der Waals surface area contributed by atoms with Crippen LogP contribution < -0.4 is 5.32 Å². The number of hydrogen-bond donors (Lipinski definition) is 3. The number of benzene rings is 1. The number of aromatic nitrogens is 2. The number of nitrogens with one attached hydrogen (secondary N) is 2. The van der Waals surface area contributed by atoms with Crippen LogP contribution in [0.5, 0.6) is 5.75 Å². The number of phenolic OH excluding ortho intramolecular Hbond substituents is 1. The number of halogens is 1. The predicted octanol–water partition coefficient (Wildman–Crippen LogP) is 4.19. The van der Waals surface area contributed by atoms with Crippen molar-refractivity contribution in [2.45, 2.75) is 34.6 Å². The Morgan fingerprint density at radius 3 is 2.40 bits per heavy atom. The number of aromatic amines is 1. The number of hydrogen-bond acceptors (Lipinski definition) is 5. The van der Waals surface area contributed by atoms with Crippen LogP contribution in [0.3, 0.4) is 0 Å². The number of aromatic hydroxyl groups is 1. The molecule has 0 radical (unpaired) electrons. The summed E-state index contributed by atoms with van der Waals surface area (Å²) in [6, 6.07) is 4.82. The van der Waals surface area contributed by atoms with Crippen molar-refractivity contribution < 1.29 is 9.50 Å². The molecule has 3 rings (SSSR count). The van der Waals surface area contributed by atoms with Gasteiger partial charge in [0.05, 0.1) is 17.5 Å². The molecule has 0 spiro atoms. The minimum absolute atomic E-state index is 0.0308. The molecule has 0 atom stereocenters. The Labute approximate surface area is 178 Å². The van der Waals surface area contributed by atoms with Crippen molar-refractivity contribution in [3.63, 3.8) is 0 Å². The predicted molar refractivity (Wildman–Crippen MR) is 123 cm³/mol. The highest BCUT2D eigenvalue weighted by Crippen LogP contribution is 2.28. The van der Waals surface area contributed by atoms with E-state index in [1.807, 2.05) is 34.6 Å². The molecule has 1 aliphatic rings. The van der Waals surface area contributed by atoms with E-state index in [2.05, 4.69) is 37.2 Å². The SMILES string of the molecule is C=C/C(=N\N=C(/C)N1CCNCC1)c1ccc(-c2cn[nH]c2F)cc1O.CC.CC. The van der Waals surface area contributed by atoms with Crippen LogP contribution >= 0.6 is 0 Å². The summed E-state index contributed by atoms with van der Waals surface area (Å²) in [6.45, 7) is 17.2. The molecule has 8 heteroatoms. The van der Waals surface area contributed by atoms with Gasteiger partial charge in [0.2, 0.25) is 5.95 Å². The van der Waals surface area contributed by atoms with Gasteiger partial charge in [0.15, 0.2) is 0 Å². The van der Waals surface area contributed by atoms with Gasteiger partial charge in [-0.15, -0.1) is 10.2 Å². The molecule has 0 saturated carbocycles. The number of H-pyrrole nitrogens is 1. The van der Waals surface area contributed by atoms with Gasteiger partial charge in [-0.25, -0.2) is 0 Å². The van der Waals surface area contributed by atoms with E-state index in [1.54, 1.807) is 12.1 Å². The van der Waals surface area contributed by atoms with Crippen LogP contribution in [0, 0.1) is 5.95 Å².